The van der Waals surface area contributed by atoms with E-state index < -0.39 is 0 Å². The van der Waals surface area contributed by atoms with Crippen molar-refractivity contribution in [2.75, 3.05) is 31.6 Å². The maximum absolute atomic E-state index is 11.9. The van der Waals surface area contributed by atoms with Crippen molar-refractivity contribution in [3.63, 3.8) is 0 Å². The van der Waals surface area contributed by atoms with E-state index in [-0.39, 0.29) is 6.67 Å². The minimum atomic E-state index is -0.168. The van der Waals surface area contributed by atoms with Crippen LogP contribution in [0.15, 0.2) is 0 Å². The van der Waals surface area contributed by atoms with Gasteiger partial charge in [0.2, 0.25) is 0 Å². The molecule has 1 fully saturated rings. The molecule has 0 amide bonds. The predicted molar refractivity (Wildman–Crippen MR) is 53.6 cm³/mol. The molecule has 0 aromatic heterocycles. The summed E-state index contributed by atoms with van der Waals surface area (Å²) in [5.74, 6) is 0.853. The topological polar surface area (TPSA) is 3.24 Å². The lowest BCUT2D eigenvalue weighted by Gasteiger charge is -2.30. The van der Waals surface area contributed by atoms with Gasteiger partial charge in [-0.3, -0.25) is 4.39 Å². The molecule has 0 spiro atoms. The van der Waals surface area contributed by atoms with Crippen molar-refractivity contribution in [3.8, 4) is 0 Å². The molecule has 1 saturated heterocycles. The molecule has 1 rings (SSSR count). The highest BCUT2D eigenvalue weighted by Crippen LogP contribution is 2.18. The van der Waals surface area contributed by atoms with E-state index in [1.54, 1.807) is 0 Å². The van der Waals surface area contributed by atoms with Gasteiger partial charge < -0.3 is 4.90 Å². The number of nitrogens with zero attached hydrogens (tertiary/aromatic N) is 1. The van der Waals surface area contributed by atoms with E-state index in [9.17, 15) is 4.39 Å². The summed E-state index contributed by atoms with van der Waals surface area (Å²) in [6.45, 7) is 3.11. The second-order valence-corrected chi connectivity index (χ2v) is 4.13. The van der Waals surface area contributed by atoms with Crippen LogP contribution in [0.4, 0.5) is 4.39 Å². The number of halogens is 2. The summed E-state index contributed by atoms with van der Waals surface area (Å²) in [7, 11) is 0. The summed E-state index contributed by atoms with van der Waals surface area (Å²) < 4.78 is 11.9. The minimum absolute atomic E-state index is 0.168. The van der Waals surface area contributed by atoms with Crippen molar-refractivity contribution in [2.45, 2.75) is 19.3 Å². The van der Waals surface area contributed by atoms with Crippen LogP contribution in [0.25, 0.3) is 0 Å². The van der Waals surface area contributed by atoms with E-state index in [1.807, 2.05) is 0 Å². The quantitative estimate of drug-likeness (QED) is 0.680. The van der Waals surface area contributed by atoms with E-state index in [0.717, 1.165) is 30.9 Å². The first-order valence-corrected chi connectivity index (χ1v) is 5.83. The third-order valence-electron chi connectivity index (χ3n) is 2.53. The molecular formula is C9H17BrFN. The molecule has 1 heterocycles. The zero-order valence-corrected chi connectivity index (χ0v) is 9.02. The fourth-order valence-corrected chi connectivity index (χ4v) is 2.30. The van der Waals surface area contributed by atoms with Crippen LogP contribution in [-0.4, -0.2) is 36.5 Å². The van der Waals surface area contributed by atoms with E-state index in [1.165, 1.54) is 12.8 Å². The Kier molecular flexibility index (Phi) is 5.16. The van der Waals surface area contributed by atoms with Gasteiger partial charge in [-0.1, -0.05) is 15.9 Å². The molecule has 1 aliphatic rings. The molecule has 1 aliphatic heterocycles. The van der Waals surface area contributed by atoms with Crippen LogP contribution in [0.1, 0.15) is 19.3 Å². The van der Waals surface area contributed by atoms with Crippen LogP contribution < -0.4 is 0 Å². The Balaban J connectivity index is 2.09. The normalized spacial score (nSPS) is 21.5. The average molecular weight is 238 g/mol. The average Bonchev–Trinajstić information content (AvgIpc) is 2.15. The Hall–Kier alpha value is 0.370. The highest BCUT2D eigenvalue weighted by atomic mass is 79.9. The van der Waals surface area contributed by atoms with Crippen molar-refractivity contribution in [1.29, 1.82) is 0 Å². The van der Waals surface area contributed by atoms with E-state index >= 15 is 0 Å². The van der Waals surface area contributed by atoms with Crippen LogP contribution in [0.3, 0.4) is 0 Å². The predicted octanol–water partition coefficient (Wildman–Crippen LogP) is 2.45. The van der Waals surface area contributed by atoms with Gasteiger partial charge >= 0.3 is 0 Å². The molecule has 0 saturated carbocycles. The summed E-state index contributed by atoms with van der Waals surface area (Å²) in [6.07, 6.45) is 3.26. The molecule has 0 aliphatic carbocycles. The Morgan fingerprint density at radius 3 is 2.50 bits per heavy atom. The van der Waals surface area contributed by atoms with Crippen molar-refractivity contribution in [1.82, 2.24) is 4.90 Å². The van der Waals surface area contributed by atoms with Gasteiger partial charge in [0.05, 0.1) is 6.67 Å². The second-order valence-electron chi connectivity index (χ2n) is 3.48. The van der Waals surface area contributed by atoms with Crippen molar-refractivity contribution in [2.24, 2.45) is 5.92 Å². The van der Waals surface area contributed by atoms with Crippen molar-refractivity contribution in [3.05, 3.63) is 0 Å². The Morgan fingerprint density at radius 2 is 2.00 bits per heavy atom. The van der Waals surface area contributed by atoms with Crippen LogP contribution in [0, 0.1) is 5.92 Å². The van der Waals surface area contributed by atoms with Crippen LogP contribution in [0.5, 0.6) is 0 Å². The Morgan fingerprint density at radius 1 is 1.33 bits per heavy atom. The lowest BCUT2D eigenvalue weighted by atomic mass is 9.99. The molecule has 0 unspecified atom stereocenters. The van der Waals surface area contributed by atoms with Gasteiger partial charge in [0, 0.05) is 11.9 Å². The maximum Gasteiger partial charge on any atom is 0.0906 e. The summed E-state index contributed by atoms with van der Waals surface area (Å²) in [5.41, 5.74) is 0. The third kappa shape index (κ3) is 3.40. The standard InChI is InChI=1S/C9H17BrFN/c10-8-9-2-6-12(7-3-9)5-1-4-11/h9H,1-8H2. The van der Waals surface area contributed by atoms with Gasteiger partial charge in [0.15, 0.2) is 0 Å². The first-order valence-electron chi connectivity index (χ1n) is 4.71. The van der Waals surface area contributed by atoms with E-state index in [2.05, 4.69) is 20.8 Å². The van der Waals surface area contributed by atoms with Gasteiger partial charge in [-0.25, -0.2) is 0 Å². The molecule has 72 valence electrons. The molecule has 0 atom stereocenters. The lowest BCUT2D eigenvalue weighted by Crippen LogP contribution is -2.34. The molecule has 0 aromatic carbocycles. The number of likely N-dealkylation sites (tertiary alicyclic amines) is 1. The lowest BCUT2D eigenvalue weighted by molar-refractivity contribution is 0.188. The highest BCUT2D eigenvalue weighted by Gasteiger charge is 2.17. The van der Waals surface area contributed by atoms with Gasteiger partial charge in [-0.2, -0.15) is 0 Å². The highest BCUT2D eigenvalue weighted by molar-refractivity contribution is 9.09. The molecule has 3 heteroatoms. The number of hydrogen-bond acceptors (Lipinski definition) is 1. The van der Waals surface area contributed by atoms with Crippen LogP contribution in [0.2, 0.25) is 0 Å². The first kappa shape index (κ1) is 10.5. The zero-order chi connectivity index (χ0) is 8.81. The number of hydrogen-bond donors (Lipinski definition) is 0. The minimum Gasteiger partial charge on any atom is -0.303 e. The molecule has 1 nitrogen and oxygen atoms in total. The fourth-order valence-electron chi connectivity index (χ4n) is 1.65. The Bertz CT molecular complexity index is 113. The maximum atomic E-state index is 11.9. The zero-order valence-electron chi connectivity index (χ0n) is 7.44. The SMILES string of the molecule is FCCCN1CCC(CBr)CC1. The van der Waals surface area contributed by atoms with Gasteiger partial charge in [0.25, 0.3) is 0 Å². The molecule has 12 heavy (non-hydrogen) atoms. The van der Waals surface area contributed by atoms with Gasteiger partial charge in [-0.05, 0) is 38.3 Å². The summed E-state index contributed by atoms with van der Waals surface area (Å²) in [5, 5.41) is 1.13. The summed E-state index contributed by atoms with van der Waals surface area (Å²) in [6, 6.07) is 0. The van der Waals surface area contributed by atoms with E-state index in [0.29, 0.717) is 6.42 Å². The molecule has 0 N–H and O–H groups in total. The summed E-state index contributed by atoms with van der Waals surface area (Å²) >= 11 is 3.50. The largest absolute Gasteiger partial charge is 0.303 e. The monoisotopic (exact) mass is 237 g/mol. The van der Waals surface area contributed by atoms with Gasteiger partial charge in [-0.15, -0.1) is 0 Å². The first-order chi connectivity index (χ1) is 5.86. The molecule has 0 bridgehead atoms. The number of rotatable bonds is 4. The molecule has 0 radical (unpaired) electrons. The van der Waals surface area contributed by atoms with Crippen LogP contribution in [-0.2, 0) is 0 Å². The second kappa shape index (κ2) is 5.92. The van der Waals surface area contributed by atoms with E-state index in [4.69, 9.17) is 0 Å². The van der Waals surface area contributed by atoms with Crippen LogP contribution >= 0.6 is 15.9 Å². The number of piperidine rings is 1. The third-order valence-corrected chi connectivity index (χ3v) is 3.45. The fraction of sp³-hybridized carbons (Fsp3) is 1.00. The smallest absolute Gasteiger partial charge is 0.0906 e. The molecule has 0 aromatic rings. The Labute approximate surface area is 82.4 Å². The molecular weight excluding hydrogens is 221 g/mol. The number of alkyl halides is 2. The summed E-state index contributed by atoms with van der Waals surface area (Å²) in [4.78, 5) is 2.37. The van der Waals surface area contributed by atoms with Crippen molar-refractivity contribution < 1.29 is 4.39 Å². The van der Waals surface area contributed by atoms with Crippen molar-refractivity contribution >= 4 is 15.9 Å². The van der Waals surface area contributed by atoms with Gasteiger partial charge in [0.1, 0.15) is 0 Å².